The number of carbonyl (C=O) groups excluding carboxylic acids is 3. The number of hydrogen-bond acceptors (Lipinski definition) is 20. The highest BCUT2D eigenvalue weighted by atomic mass is 16.8. The van der Waals surface area contributed by atoms with Gasteiger partial charge in [-0.15, -0.1) is 0 Å². The first-order chi connectivity index (χ1) is 28.1. The molecule has 0 saturated carbocycles. The van der Waals surface area contributed by atoms with Gasteiger partial charge in [0, 0.05) is 18.7 Å². The number of hydrogen-bond donors (Lipinski definition) is 8. The Labute approximate surface area is 338 Å². The largest absolute Gasteiger partial charge is 0.497 e. The fourth-order valence-electron chi connectivity index (χ4n) is 6.48. The van der Waals surface area contributed by atoms with Gasteiger partial charge in [-0.2, -0.15) is 0 Å². The molecule has 0 amide bonds. The number of aliphatic hydroxyl groups excluding tert-OH is 7. The minimum atomic E-state index is -1.97. The maximum absolute atomic E-state index is 12.6. The van der Waals surface area contributed by atoms with Crippen LogP contribution in [0.2, 0.25) is 0 Å². The van der Waals surface area contributed by atoms with E-state index in [1.165, 1.54) is 39.2 Å². The second kappa shape index (κ2) is 20.8. The fourth-order valence-corrected chi connectivity index (χ4v) is 6.48. The van der Waals surface area contributed by atoms with Gasteiger partial charge in [-0.05, 0) is 61.9 Å². The van der Waals surface area contributed by atoms with E-state index in [4.69, 9.17) is 42.6 Å². The Morgan fingerprint density at radius 1 is 0.712 bits per heavy atom. The molecule has 5 rings (SSSR count). The molecule has 0 radical (unpaired) electrons. The van der Waals surface area contributed by atoms with E-state index in [0.29, 0.717) is 17.0 Å². The van der Waals surface area contributed by atoms with Gasteiger partial charge in [0.1, 0.15) is 78.8 Å². The number of aliphatic hydroxyl groups is 7. The van der Waals surface area contributed by atoms with E-state index >= 15 is 0 Å². The van der Waals surface area contributed by atoms with E-state index in [-0.39, 0.29) is 18.1 Å². The first-order valence-corrected chi connectivity index (χ1v) is 18.7. The van der Waals surface area contributed by atoms with Gasteiger partial charge in [0.2, 0.25) is 6.29 Å². The molecule has 20 heteroatoms. The van der Waals surface area contributed by atoms with E-state index in [9.17, 15) is 50.1 Å². The zero-order valence-corrected chi connectivity index (χ0v) is 32.6. The second-order valence-electron chi connectivity index (χ2n) is 14.1. The molecule has 2 aromatic carbocycles. The predicted molar refractivity (Wildman–Crippen MR) is 199 cm³/mol. The first-order valence-electron chi connectivity index (χ1n) is 18.7. The van der Waals surface area contributed by atoms with Crippen LogP contribution in [0.5, 0.6) is 11.5 Å². The van der Waals surface area contributed by atoms with Crippen LogP contribution in [0.25, 0.3) is 6.08 Å². The monoisotopic (exact) mass is 837 g/mol. The molecule has 2 aromatic rings. The molecule has 0 bridgehead atoms. The summed E-state index contributed by atoms with van der Waals surface area (Å²) in [6, 6.07) is 13.0. The van der Waals surface area contributed by atoms with Gasteiger partial charge in [0.05, 0.1) is 26.4 Å². The SMILES string of the molecule is COc1ccc(/C=C/C(=O)OC[C@H]2O[C@@H](O[C@H]3[C@H](Oc4ccc(NCC(C)=O)cc4)O[C@@H](C)[C@H](OC(C)=O)[C@H]3O[C@@H]3O[C@H](CO)[C@@H](O)[C@H](O)[C@H]3O)[C@H](O)[C@@H](O)[C@@H]2O)cc1. The standard InChI is InChI=1S/C39H51NO19/c1-18(42)15-40-22-8-12-24(13-9-22)55-39-36(35(34(19(2)53-39)54-20(3)43)58-37-32(49)30(47)28(45)25(16-41)56-37)59-38-33(50)31(48)29(46)26(57-38)17-52-27(44)14-7-21-5-10-23(51-4)11-6-21/h5-14,19,25-26,28-41,45-50H,15-17H2,1-4H3/b14-7+/t19-,25+,26+,28+,29+,30-,31-,32+,33+,34-,35+,36+,37-,38-,39-/m0/s1. The van der Waals surface area contributed by atoms with E-state index in [1.807, 2.05) is 0 Å². The lowest BCUT2D eigenvalue weighted by atomic mass is 9.96. The van der Waals surface area contributed by atoms with Gasteiger partial charge in [0.25, 0.3) is 0 Å². The molecule has 0 aliphatic carbocycles. The van der Waals surface area contributed by atoms with Gasteiger partial charge in [-0.25, -0.2) is 4.79 Å². The van der Waals surface area contributed by atoms with Crippen molar-refractivity contribution in [2.75, 3.05) is 32.2 Å². The highest BCUT2D eigenvalue weighted by Crippen LogP contribution is 2.36. The third-order valence-corrected chi connectivity index (χ3v) is 9.69. The van der Waals surface area contributed by atoms with E-state index in [0.717, 1.165) is 13.0 Å². The van der Waals surface area contributed by atoms with Crippen LogP contribution in [0.4, 0.5) is 5.69 Å². The minimum absolute atomic E-state index is 0.0682. The van der Waals surface area contributed by atoms with Crippen molar-refractivity contribution in [3.63, 3.8) is 0 Å². The van der Waals surface area contributed by atoms with Crippen LogP contribution in [0.3, 0.4) is 0 Å². The van der Waals surface area contributed by atoms with E-state index in [2.05, 4.69) is 5.32 Å². The molecule has 15 atom stereocenters. The molecule has 3 aliphatic heterocycles. The second-order valence-corrected chi connectivity index (χ2v) is 14.1. The summed E-state index contributed by atoms with van der Waals surface area (Å²) in [4.78, 5) is 36.5. The summed E-state index contributed by atoms with van der Waals surface area (Å²) in [5.41, 5.74) is 1.23. The first kappa shape index (κ1) is 45.8. The molecule has 3 aliphatic rings. The average molecular weight is 838 g/mol. The van der Waals surface area contributed by atoms with Crippen LogP contribution in [0, 0.1) is 0 Å². The Hall–Kier alpha value is -4.29. The zero-order valence-electron chi connectivity index (χ0n) is 32.6. The molecule has 326 valence electrons. The summed E-state index contributed by atoms with van der Waals surface area (Å²) in [6.45, 7) is 2.66. The van der Waals surface area contributed by atoms with Crippen molar-refractivity contribution in [2.24, 2.45) is 0 Å². The number of ketones is 1. The summed E-state index contributed by atoms with van der Waals surface area (Å²) < 4.78 is 52.1. The maximum atomic E-state index is 12.6. The number of carbonyl (C=O) groups is 3. The minimum Gasteiger partial charge on any atom is -0.497 e. The zero-order chi connectivity index (χ0) is 43.0. The third-order valence-electron chi connectivity index (χ3n) is 9.69. The molecule has 0 aromatic heterocycles. The van der Waals surface area contributed by atoms with Crippen molar-refractivity contribution < 1.29 is 92.8 Å². The summed E-state index contributed by atoms with van der Waals surface area (Å²) in [6.07, 6.45) is -22.4. The molecule has 0 unspecified atom stereocenters. The van der Waals surface area contributed by atoms with Crippen molar-refractivity contribution >= 4 is 29.5 Å². The quantitative estimate of drug-likeness (QED) is 0.0697. The molecule has 3 heterocycles. The highest BCUT2D eigenvalue weighted by Gasteiger charge is 2.55. The Bertz CT molecular complexity index is 1710. The van der Waals surface area contributed by atoms with Gasteiger partial charge in [0.15, 0.2) is 24.8 Å². The van der Waals surface area contributed by atoms with Gasteiger partial charge in [-0.1, -0.05) is 12.1 Å². The Morgan fingerprint density at radius 2 is 1.29 bits per heavy atom. The van der Waals surface area contributed by atoms with Crippen LogP contribution < -0.4 is 14.8 Å². The number of benzene rings is 2. The number of nitrogens with one attached hydrogen (secondary N) is 1. The molecular formula is C39H51NO19. The summed E-state index contributed by atoms with van der Waals surface area (Å²) >= 11 is 0. The van der Waals surface area contributed by atoms with Crippen LogP contribution in [-0.4, -0.2) is 172 Å². The number of rotatable bonds is 16. The van der Waals surface area contributed by atoms with Crippen LogP contribution >= 0.6 is 0 Å². The lowest BCUT2D eigenvalue weighted by Crippen LogP contribution is -2.67. The fraction of sp³-hybridized carbons (Fsp3) is 0.564. The van der Waals surface area contributed by atoms with Crippen LogP contribution in [-0.2, 0) is 47.5 Å². The molecule has 3 saturated heterocycles. The maximum Gasteiger partial charge on any atom is 0.330 e. The number of anilines is 1. The van der Waals surface area contributed by atoms with Crippen LogP contribution in [0.15, 0.2) is 54.6 Å². The van der Waals surface area contributed by atoms with Gasteiger partial charge < -0.3 is 83.7 Å². The Kier molecular flexibility index (Phi) is 16.1. The highest BCUT2D eigenvalue weighted by molar-refractivity contribution is 5.87. The number of Topliss-reactive ketones (excluding diaryl/α,β-unsaturated/α-hetero) is 1. The van der Waals surface area contributed by atoms with Crippen molar-refractivity contribution in [2.45, 2.75) is 113 Å². The summed E-state index contributed by atoms with van der Waals surface area (Å²) in [5.74, 6) is -0.961. The predicted octanol–water partition coefficient (Wildman–Crippen LogP) is -1.61. The third kappa shape index (κ3) is 11.7. The van der Waals surface area contributed by atoms with Crippen molar-refractivity contribution in [1.82, 2.24) is 0 Å². The Balaban J connectivity index is 1.42. The van der Waals surface area contributed by atoms with Crippen molar-refractivity contribution in [1.29, 1.82) is 0 Å². The summed E-state index contributed by atoms with van der Waals surface area (Å²) in [5, 5.41) is 77.5. The average Bonchev–Trinajstić information content (AvgIpc) is 3.21. The molecule has 59 heavy (non-hydrogen) atoms. The molecule has 0 spiro atoms. The lowest BCUT2D eigenvalue weighted by molar-refractivity contribution is -0.382. The van der Waals surface area contributed by atoms with Crippen LogP contribution in [0.1, 0.15) is 26.3 Å². The molecule has 8 N–H and O–H groups in total. The van der Waals surface area contributed by atoms with E-state index < -0.39 is 117 Å². The van der Waals surface area contributed by atoms with Gasteiger partial charge >= 0.3 is 11.9 Å². The van der Waals surface area contributed by atoms with Crippen molar-refractivity contribution in [3.05, 3.63) is 60.2 Å². The van der Waals surface area contributed by atoms with Gasteiger partial charge in [-0.3, -0.25) is 9.59 Å². The molecule has 20 nitrogen and oxygen atoms in total. The topological polar surface area (TPSA) is 288 Å². The smallest absolute Gasteiger partial charge is 0.330 e. The summed E-state index contributed by atoms with van der Waals surface area (Å²) in [7, 11) is 1.51. The van der Waals surface area contributed by atoms with E-state index in [1.54, 1.807) is 36.4 Å². The number of methoxy groups -OCH3 is 1. The normalized spacial score (nSPS) is 34.8. The molecular weight excluding hydrogens is 786 g/mol. The Morgan fingerprint density at radius 3 is 1.86 bits per heavy atom. The number of ether oxygens (including phenoxy) is 9. The molecule has 3 fully saturated rings. The van der Waals surface area contributed by atoms with Crippen molar-refractivity contribution in [3.8, 4) is 11.5 Å². The lowest BCUT2D eigenvalue weighted by Gasteiger charge is -2.49. The number of esters is 2.